The molecule has 2 aliphatic heterocycles. The summed E-state index contributed by atoms with van der Waals surface area (Å²) >= 11 is 1.71. The van der Waals surface area contributed by atoms with Gasteiger partial charge in [0.15, 0.2) is 0 Å². The monoisotopic (exact) mass is 443 g/mol. The number of aliphatic hydroxyl groups is 1. The lowest BCUT2D eigenvalue weighted by atomic mass is 9.97. The Labute approximate surface area is 195 Å². The molecule has 2 aliphatic rings. The zero-order valence-corrected chi connectivity index (χ0v) is 19.4. The van der Waals surface area contributed by atoms with Crippen LogP contribution >= 0.6 is 11.8 Å². The van der Waals surface area contributed by atoms with Crippen LogP contribution in [0.4, 0.5) is 5.69 Å². The summed E-state index contributed by atoms with van der Waals surface area (Å²) < 4.78 is 38.5. The summed E-state index contributed by atoms with van der Waals surface area (Å²) in [6, 6.07) is 12.5. The van der Waals surface area contributed by atoms with Gasteiger partial charge < -0.3 is 14.7 Å². The number of aliphatic hydroxyl groups excluding tert-OH is 1. The molecule has 31 heavy (non-hydrogen) atoms. The fourth-order valence-electron chi connectivity index (χ4n) is 4.02. The van der Waals surface area contributed by atoms with Crippen molar-refractivity contribution in [2.24, 2.45) is 4.99 Å². The van der Waals surface area contributed by atoms with E-state index >= 15 is 0 Å². The molecule has 6 heteroatoms. The van der Waals surface area contributed by atoms with Crippen molar-refractivity contribution < 1.29 is 15.3 Å². The van der Waals surface area contributed by atoms with E-state index in [1.165, 1.54) is 16.0 Å². The van der Waals surface area contributed by atoms with Crippen molar-refractivity contribution in [3.63, 3.8) is 0 Å². The van der Waals surface area contributed by atoms with Gasteiger partial charge in [0.1, 0.15) is 5.84 Å². The normalized spacial score (nSPS) is 21.1. The zero-order valence-electron chi connectivity index (χ0n) is 22.6. The van der Waals surface area contributed by atoms with Gasteiger partial charge in [-0.2, -0.15) is 0 Å². The maximum Gasteiger partial charge on any atom is 0.138 e. The Kier molecular flexibility index (Phi) is 5.32. The number of hydrogen-bond acceptors (Lipinski definition) is 6. The fraction of sp³-hybridized carbons (Fsp3) is 0.480. The topological polar surface area (TPSA) is 48.3 Å². The first-order valence-corrected chi connectivity index (χ1v) is 11.4. The van der Waals surface area contributed by atoms with E-state index < -0.39 is 18.6 Å². The molecule has 1 saturated heterocycles. The van der Waals surface area contributed by atoms with Gasteiger partial charge in [0.05, 0.1) is 28.2 Å². The van der Waals surface area contributed by atoms with E-state index in [1.807, 2.05) is 26.0 Å². The quantitative estimate of drug-likeness (QED) is 0.749. The number of ether oxygens (including phenoxy) is 1. The number of rotatable bonds is 5. The molecule has 2 heterocycles. The first-order valence-electron chi connectivity index (χ1n) is 12.6. The fourth-order valence-corrected chi connectivity index (χ4v) is 5.12. The Morgan fingerprint density at radius 2 is 1.94 bits per heavy atom. The third-order valence-electron chi connectivity index (χ3n) is 5.78. The Bertz CT molecular complexity index is 1140. The van der Waals surface area contributed by atoms with Crippen LogP contribution in [0.25, 0.3) is 0 Å². The van der Waals surface area contributed by atoms with E-state index in [0.717, 1.165) is 26.9 Å². The SMILES string of the molecule is [2H]C([2H])(OCCO)C([2H])([2H])N1CCN(C2=Nc3cc(C)c(C)cc3Sc3ccccc32)C(C)(C)C1. The molecule has 0 atom stereocenters. The molecule has 1 fully saturated rings. The van der Waals surface area contributed by atoms with Crippen molar-refractivity contribution in [3.05, 3.63) is 53.1 Å². The Balaban J connectivity index is 1.71. The minimum absolute atomic E-state index is 0.264. The number of aliphatic imine (C=N–C) groups is 1. The molecule has 0 unspecified atom stereocenters. The molecule has 0 amide bonds. The summed E-state index contributed by atoms with van der Waals surface area (Å²) in [7, 11) is 0. The van der Waals surface area contributed by atoms with E-state index in [1.54, 1.807) is 11.8 Å². The molecule has 0 aromatic heterocycles. The highest BCUT2D eigenvalue weighted by molar-refractivity contribution is 7.99. The van der Waals surface area contributed by atoms with Crippen LogP contribution in [0.1, 0.15) is 36.0 Å². The second kappa shape index (κ2) is 9.33. The molecule has 0 saturated carbocycles. The van der Waals surface area contributed by atoms with Crippen molar-refractivity contribution in [1.29, 1.82) is 0 Å². The smallest absolute Gasteiger partial charge is 0.138 e. The number of benzene rings is 2. The van der Waals surface area contributed by atoms with E-state index in [4.69, 9.17) is 20.3 Å². The highest BCUT2D eigenvalue weighted by atomic mass is 32.2. The second-order valence-electron chi connectivity index (χ2n) is 8.61. The summed E-state index contributed by atoms with van der Waals surface area (Å²) in [6.45, 7) is 3.74. The van der Waals surface area contributed by atoms with Crippen molar-refractivity contribution in [2.45, 2.75) is 43.0 Å². The lowest BCUT2D eigenvalue weighted by Crippen LogP contribution is -2.61. The first kappa shape index (κ1) is 17.7. The minimum Gasteiger partial charge on any atom is -0.394 e. The van der Waals surface area contributed by atoms with Gasteiger partial charge in [-0.15, -0.1) is 0 Å². The molecular formula is C25H33N3O2S. The molecule has 4 rings (SSSR count). The third-order valence-corrected chi connectivity index (χ3v) is 6.90. The van der Waals surface area contributed by atoms with Crippen molar-refractivity contribution in [3.8, 4) is 0 Å². The predicted molar refractivity (Wildman–Crippen MR) is 128 cm³/mol. The summed E-state index contributed by atoms with van der Waals surface area (Å²) in [6.07, 6.45) is 0. The molecule has 166 valence electrons. The van der Waals surface area contributed by atoms with Gasteiger partial charge in [-0.3, -0.25) is 4.90 Å². The predicted octanol–water partition coefficient (Wildman–Crippen LogP) is 4.25. The van der Waals surface area contributed by atoms with Crippen LogP contribution in [-0.4, -0.2) is 72.2 Å². The molecule has 1 N–H and O–H groups in total. The van der Waals surface area contributed by atoms with Crippen molar-refractivity contribution in [1.82, 2.24) is 9.80 Å². The van der Waals surface area contributed by atoms with Crippen molar-refractivity contribution >= 4 is 23.3 Å². The highest BCUT2D eigenvalue weighted by Crippen LogP contribution is 2.42. The molecular weight excluding hydrogens is 406 g/mol. The van der Waals surface area contributed by atoms with Crippen LogP contribution in [0, 0.1) is 13.8 Å². The highest BCUT2D eigenvalue weighted by Gasteiger charge is 2.37. The first-order chi connectivity index (χ1) is 16.4. The molecule has 0 aliphatic carbocycles. The molecule has 0 spiro atoms. The van der Waals surface area contributed by atoms with Crippen LogP contribution in [0.15, 0.2) is 51.2 Å². The van der Waals surface area contributed by atoms with Gasteiger partial charge >= 0.3 is 0 Å². The van der Waals surface area contributed by atoms with Gasteiger partial charge in [-0.05, 0) is 57.0 Å². The van der Waals surface area contributed by atoms with Crippen LogP contribution in [0.5, 0.6) is 0 Å². The number of piperazine rings is 1. The molecule has 0 radical (unpaired) electrons. The lowest BCUT2D eigenvalue weighted by Gasteiger charge is -2.48. The largest absolute Gasteiger partial charge is 0.394 e. The molecule has 2 aromatic rings. The summed E-state index contributed by atoms with van der Waals surface area (Å²) in [5.74, 6) is 0.847. The van der Waals surface area contributed by atoms with Crippen LogP contribution in [-0.2, 0) is 4.74 Å². The standard InChI is InChI=1S/C25H33N3O2S/c1-18-15-21-23(16-19(18)2)31-22-8-6-5-7-20(22)24(26-21)28-10-9-27(17-25(28,3)4)11-13-30-14-12-29/h5-8,15-16,29H,9-14,17H2,1-4H3/i11D2,13D2. The van der Waals surface area contributed by atoms with E-state index in [0.29, 0.717) is 13.1 Å². The van der Waals surface area contributed by atoms with Crippen molar-refractivity contribution in [2.75, 3.05) is 45.9 Å². The maximum absolute atomic E-state index is 9.02. The summed E-state index contributed by atoms with van der Waals surface area (Å²) in [4.78, 5) is 11.1. The Morgan fingerprint density at radius 3 is 2.71 bits per heavy atom. The number of fused-ring (bicyclic) bond motifs is 2. The van der Waals surface area contributed by atoms with E-state index in [-0.39, 0.29) is 19.8 Å². The van der Waals surface area contributed by atoms with Crippen LogP contribution in [0.3, 0.4) is 0 Å². The van der Waals surface area contributed by atoms with Crippen LogP contribution < -0.4 is 0 Å². The summed E-state index contributed by atoms with van der Waals surface area (Å²) in [5.41, 5.74) is 3.82. The second-order valence-corrected chi connectivity index (χ2v) is 9.69. The summed E-state index contributed by atoms with van der Waals surface area (Å²) in [5, 5.41) is 9.02. The third kappa shape index (κ3) is 4.82. The van der Waals surface area contributed by atoms with E-state index in [2.05, 4.69) is 43.0 Å². The number of aryl methyl sites for hydroxylation is 2. The number of hydrogen-bond donors (Lipinski definition) is 1. The molecule has 2 aromatic carbocycles. The van der Waals surface area contributed by atoms with Gasteiger partial charge in [0.25, 0.3) is 0 Å². The molecule has 0 bridgehead atoms. The van der Waals surface area contributed by atoms with Gasteiger partial charge in [-0.25, -0.2) is 4.99 Å². The minimum atomic E-state index is -2.56. The average molecular weight is 444 g/mol. The number of nitrogens with zero attached hydrogens (tertiary/aromatic N) is 3. The molecule has 5 nitrogen and oxygen atoms in total. The van der Waals surface area contributed by atoms with Gasteiger partial charge in [-0.1, -0.05) is 30.0 Å². The van der Waals surface area contributed by atoms with Gasteiger partial charge in [0.2, 0.25) is 0 Å². The maximum atomic E-state index is 9.02. The number of amidine groups is 1. The Morgan fingerprint density at radius 1 is 1.16 bits per heavy atom. The van der Waals surface area contributed by atoms with E-state index in [9.17, 15) is 0 Å². The van der Waals surface area contributed by atoms with Crippen LogP contribution in [0.2, 0.25) is 0 Å². The lowest BCUT2D eigenvalue weighted by molar-refractivity contribution is 0.0340. The van der Waals surface area contributed by atoms with Gasteiger partial charge in [0, 0.05) is 49.8 Å². The Hall–Kier alpha value is -1.86. The average Bonchev–Trinajstić information content (AvgIpc) is 2.94. The zero-order chi connectivity index (χ0) is 25.6.